The molecule has 4 heteroatoms. The van der Waals surface area contributed by atoms with Crippen molar-refractivity contribution in [2.45, 2.75) is 19.4 Å². The van der Waals surface area contributed by atoms with Gasteiger partial charge in [0.1, 0.15) is 5.82 Å². The summed E-state index contributed by atoms with van der Waals surface area (Å²) in [5.74, 6) is 0.865. The zero-order valence-corrected chi connectivity index (χ0v) is 11.5. The number of aliphatic hydroxyl groups excluding tert-OH is 1. The van der Waals surface area contributed by atoms with Crippen molar-refractivity contribution in [3.05, 3.63) is 46.3 Å². The first-order valence-electron chi connectivity index (χ1n) is 6.05. The number of thiophene rings is 1. The van der Waals surface area contributed by atoms with Crippen LogP contribution in [0.1, 0.15) is 23.5 Å². The van der Waals surface area contributed by atoms with Crippen LogP contribution in [0.5, 0.6) is 0 Å². The summed E-state index contributed by atoms with van der Waals surface area (Å²) in [4.78, 5) is 7.84. The second-order valence-corrected chi connectivity index (χ2v) is 5.38. The van der Waals surface area contributed by atoms with Crippen LogP contribution in [0.4, 0.5) is 5.82 Å². The van der Waals surface area contributed by atoms with Crippen molar-refractivity contribution < 1.29 is 5.11 Å². The Labute approximate surface area is 112 Å². The van der Waals surface area contributed by atoms with Crippen molar-refractivity contribution in [3.8, 4) is 0 Å². The average Bonchev–Trinajstić information content (AvgIpc) is 2.89. The molecule has 0 aliphatic carbocycles. The van der Waals surface area contributed by atoms with E-state index in [4.69, 9.17) is 0 Å². The summed E-state index contributed by atoms with van der Waals surface area (Å²) in [6.45, 7) is 2.67. The van der Waals surface area contributed by atoms with E-state index in [1.165, 1.54) is 4.88 Å². The number of hydrogen-bond acceptors (Lipinski definition) is 4. The van der Waals surface area contributed by atoms with E-state index in [1.807, 2.05) is 19.2 Å². The van der Waals surface area contributed by atoms with E-state index >= 15 is 0 Å². The van der Waals surface area contributed by atoms with Gasteiger partial charge in [-0.15, -0.1) is 11.3 Å². The largest absolute Gasteiger partial charge is 0.389 e. The predicted molar refractivity (Wildman–Crippen MR) is 76.2 cm³/mol. The number of anilines is 1. The maximum atomic E-state index is 9.74. The molecular formula is C14H18N2OS. The van der Waals surface area contributed by atoms with Gasteiger partial charge < -0.3 is 10.0 Å². The van der Waals surface area contributed by atoms with Gasteiger partial charge in [0.05, 0.1) is 6.10 Å². The molecule has 1 atom stereocenters. The molecule has 2 heterocycles. The van der Waals surface area contributed by atoms with E-state index in [-0.39, 0.29) is 0 Å². The summed E-state index contributed by atoms with van der Waals surface area (Å²) >= 11 is 1.77. The van der Waals surface area contributed by atoms with Crippen LogP contribution in [0, 0.1) is 0 Å². The Morgan fingerprint density at radius 3 is 2.89 bits per heavy atom. The standard InChI is InChI=1S/C14H18N2OS/c1-11(17)13-6-3-8-15-14(13)16(2)9-7-12-5-4-10-18-12/h3-6,8,10-11,17H,7,9H2,1-2H3/t11-/m1/s1. The highest BCUT2D eigenvalue weighted by Crippen LogP contribution is 2.23. The number of likely N-dealkylation sites (N-methyl/N-ethyl adjacent to an activating group) is 1. The van der Waals surface area contributed by atoms with Gasteiger partial charge in [0.25, 0.3) is 0 Å². The highest BCUT2D eigenvalue weighted by atomic mass is 32.1. The van der Waals surface area contributed by atoms with E-state index in [9.17, 15) is 5.11 Å². The van der Waals surface area contributed by atoms with Gasteiger partial charge in [0.2, 0.25) is 0 Å². The van der Waals surface area contributed by atoms with E-state index in [1.54, 1.807) is 24.5 Å². The summed E-state index contributed by atoms with van der Waals surface area (Å²) in [6, 6.07) is 8.00. The topological polar surface area (TPSA) is 36.4 Å². The second-order valence-electron chi connectivity index (χ2n) is 4.34. The van der Waals surface area contributed by atoms with Crippen molar-refractivity contribution in [2.75, 3.05) is 18.5 Å². The van der Waals surface area contributed by atoms with Crippen molar-refractivity contribution in [3.63, 3.8) is 0 Å². The molecule has 18 heavy (non-hydrogen) atoms. The van der Waals surface area contributed by atoms with Gasteiger partial charge in [-0.05, 0) is 30.9 Å². The third-order valence-corrected chi connectivity index (χ3v) is 3.84. The molecule has 2 rings (SSSR count). The molecule has 0 saturated heterocycles. The van der Waals surface area contributed by atoms with Crippen molar-refractivity contribution >= 4 is 17.2 Å². The van der Waals surface area contributed by atoms with Gasteiger partial charge in [-0.25, -0.2) is 4.98 Å². The first-order chi connectivity index (χ1) is 8.68. The average molecular weight is 262 g/mol. The first-order valence-corrected chi connectivity index (χ1v) is 6.93. The van der Waals surface area contributed by atoms with Crippen LogP contribution in [-0.2, 0) is 6.42 Å². The second kappa shape index (κ2) is 5.98. The minimum absolute atomic E-state index is 0.488. The number of rotatable bonds is 5. The van der Waals surface area contributed by atoms with Crippen molar-refractivity contribution in [1.29, 1.82) is 0 Å². The maximum absolute atomic E-state index is 9.74. The van der Waals surface area contributed by atoms with Crippen molar-refractivity contribution in [1.82, 2.24) is 4.98 Å². The highest BCUT2D eigenvalue weighted by molar-refractivity contribution is 7.09. The summed E-state index contributed by atoms with van der Waals surface area (Å²) in [7, 11) is 2.02. The molecule has 0 spiro atoms. The Morgan fingerprint density at radius 2 is 2.22 bits per heavy atom. The van der Waals surface area contributed by atoms with Gasteiger partial charge in [-0.2, -0.15) is 0 Å². The summed E-state index contributed by atoms with van der Waals surface area (Å²) in [6.07, 6.45) is 2.28. The Balaban J connectivity index is 2.06. The number of aliphatic hydroxyl groups is 1. The minimum atomic E-state index is -0.488. The monoisotopic (exact) mass is 262 g/mol. The van der Waals surface area contributed by atoms with Crippen molar-refractivity contribution in [2.24, 2.45) is 0 Å². The normalized spacial score (nSPS) is 12.4. The van der Waals surface area contributed by atoms with Crippen LogP contribution in [0.15, 0.2) is 35.8 Å². The van der Waals surface area contributed by atoms with Gasteiger partial charge in [-0.3, -0.25) is 0 Å². The molecule has 0 aliphatic heterocycles. The lowest BCUT2D eigenvalue weighted by atomic mass is 10.1. The molecule has 0 fully saturated rings. The molecule has 3 nitrogen and oxygen atoms in total. The van der Waals surface area contributed by atoms with Crippen LogP contribution < -0.4 is 4.90 Å². The number of aromatic nitrogens is 1. The van der Waals surface area contributed by atoms with E-state index in [2.05, 4.69) is 27.4 Å². The number of nitrogens with zero attached hydrogens (tertiary/aromatic N) is 2. The number of pyridine rings is 1. The Morgan fingerprint density at radius 1 is 1.39 bits per heavy atom. The molecule has 0 radical (unpaired) electrons. The first kappa shape index (κ1) is 13.1. The fraction of sp³-hybridized carbons (Fsp3) is 0.357. The highest BCUT2D eigenvalue weighted by Gasteiger charge is 2.12. The summed E-state index contributed by atoms with van der Waals surface area (Å²) in [5.41, 5.74) is 0.881. The molecule has 96 valence electrons. The lowest BCUT2D eigenvalue weighted by Crippen LogP contribution is -2.23. The Kier molecular flexibility index (Phi) is 4.33. The molecule has 0 saturated carbocycles. The molecule has 0 aromatic carbocycles. The van der Waals surface area contributed by atoms with Crippen LogP contribution in [-0.4, -0.2) is 23.7 Å². The SMILES string of the molecule is C[C@@H](O)c1cccnc1N(C)CCc1cccs1. The molecule has 2 aromatic rings. The molecule has 0 aliphatic rings. The van der Waals surface area contributed by atoms with Gasteiger partial charge >= 0.3 is 0 Å². The van der Waals surface area contributed by atoms with Crippen LogP contribution >= 0.6 is 11.3 Å². The smallest absolute Gasteiger partial charge is 0.134 e. The van der Waals surface area contributed by atoms with E-state index < -0.39 is 6.10 Å². The van der Waals surface area contributed by atoms with Gasteiger partial charge in [0, 0.05) is 30.2 Å². The van der Waals surface area contributed by atoms with Gasteiger partial charge in [0.15, 0.2) is 0 Å². The quantitative estimate of drug-likeness (QED) is 0.900. The lowest BCUT2D eigenvalue weighted by molar-refractivity contribution is 0.199. The summed E-state index contributed by atoms with van der Waals surface area (Å²) < 4.78 is 0. The Hall–Kier alpha value is -1.39. The molecule has 0 amide bonds. The van der Waals surface area contributed by atoms with Gasteiger partial charge in [-0.1, -0.05) is 12.1 Å². The fourth-order valence-electron chi connectivity index (χ4n) is 1.89. The predicted octanol–water partition coefficient (Wildman–Crippen LogP) is 2.88. The number of hydrogen-bond donors (Lipinski definition) is 1. The van der Waals surface area contributed by atoms with Crippen LogP contribution in [0.3, 0.4) is 0 Å². The molecule has 0 unspecified atom stereocenters. The van der Waals surface area contributed by atoms with E-state index in [0.717, 1.165) is 24.3 Å². The minimum Gasteiger partial charge on any atom is -0.389 e. The third-order valence-electron chi connectivity index (χ3n) is 2.90. The lowest BCUT2D eigenvalue weighted by Gasteiger charge is -2.21. The van der Waals surface area contributed by atoms with Crippen LogP contribution in [0.25, 0.3) is 0 Å². The van der Waals surface area contributed by atoms with Crippen LogP contribution in [0.2, 0.25) is 0 Å². The fourth-order valence-corrected chi connectivity index (χ4v) is 2.59. The zero-order chi connectivity index (χ0) is 13.0. The molecule has 2 aromatic heterocycles. The zero-order valence-electron chi connectivity index (χ0n) is 10.7. The Bertz CT molecular complexity index is 482. The summed E-state index contributed by atoms with van der Waals surface area (Å²) in [5, 5.41) is 11.8. The molecule has 1 N–H and O–H groups in total. The maximum Gasteiger partial charge on any atom is 0.134 e. The van der Waals surface area contributed by atoms with E-state index in [0.29, 0.717) is 0 Å². The molecular weight excluding hydrogens is 244 g/mol. The third kappa shape index (κ3) is 3.09. The molecule has 0 bridgehead atoms.